The molecule has 2 fully saturated rings. The molecule has 3 N–H and O–H groups in total. The summed E-state index contributed by atoms with van der Waals surface area (Å²) in [5.41, 5.74) is 2.92. The number of nitrogens with zero attached hydrogens (tertiary/aromatic N) is 5. The molecule has 0 unspecified atom stereocenters. The van der Waals surface area contributed by atoms with Crippen molar-refractivity contribution in [2.45, 2.75) is 25.1 Å². The van der Waals surface area contributed by atoms with Crippen molar-refractivity contribution in [3.05, 3.63) is 35.8 Å². The van der Waals surface area contributed by atoms with Crippen LogP contribution in [0.5, 0.6) is 5.75 Å². The van der Waals surface area contributed by atoms with E-state index in [0.717, 1.165) is 36.8 Å². The molecular weight excluding hydrogens is 473 g/mol. The fourth-order valence-electron chi connectivity index (χ4n) is 3.58. The molecule has 1 saturated heterocycles. The third-order valence-electron chi connectivity index (χ3n) is 5.48. The molecule has 2 aromatic heterocycles. The number of rotatable bonds is 4. The van der Waals surface area contributed by atoms with Crippen LogP contribution in [0.25, 0.3) is 22.5 Å². The van der Waals surface area contributed by atoms with E-state index in [1.165, 1.54) is 24.4 Å². The minimum Gasteiger partial charge on any atom is -0.507 e. The number of carbonyl (C=O) groups is 1. The highest BCUT2D eigenvalue weighted by atomic mass is 32.1. The van der Waals surface area contributed by atoms with Crippen molar-refractivity contribution in [3.63, 3.8) is 0 Å². The minimum absolute atomic E-state index is 0.153. The van der Waals surface area contributed by atoms with Crippen LogP contribution in [0, 0.1) is 5.92 Å². The molecule has 0 radical (unpaired) electrons. The van der Waals surface area contributed by atoms with Crippen molar-refractivity contribution >= 4 is 23.5 Å². The van der Waals surface area contributed by atoms with Gasteiger partial charge in [-0.25, -0.2) is 9.78 Å². The number of hydrogen-bond donors (Lipinski definition) is 3. The van der Waals surface area contributed by atoms with Gasteiger partial charge < -0.3 is 20.4 Å². The molecule has 1 atom stereocenters. The molecule has 1 aliphatic heterocycles. The van der Waals surface area contributed by atoms with Crippen LogP contribution in [-0.2, 0) is 4.79 Å². The Hall–Kier alpha value is -3.32. The van der Waals surface area contributed by atoms with Crippen LogP contribution in [0.4, 0.5) is 19.1 Å². The Labute approximate surface area is 196 Å². The lowest BCUT2D eigenvalue weighted by Crippen LogP contribution is -2.52. The van der Waals surface area contributed by atoms with Crippen molar-refractivity contribution in [1.82, 2.24) is 24.9 Å². The average molecular weight is 494 g/mol. The number of phenolic OH excluding ortho intramolecular Hbond substituents is 1. The summed E-state index contributed by atoms with van der Waals surface area (Å²) < 4.78 is 36.0. The van der Waals surface area contributed by atoms with Gasteiger partial charge >= 0.3 is 12.1 Å². The molecule has 0 spiro atoms. The van der Waals surface area contributed by atoms with Gasteiger partial charge in [0.25, 0.3) is 0 Å². The maximum Gasteiger partial charge on any atom is 0.490 e. The summed E-state index contributed by atoms with van der Waals surface area (Å²) in [5, 5.41) is 31.7. The van der Waals surface area contributed by atoms with Crippen molar-refractivity contribution in [2.24, 2.45) is 5.92 Å². The second-order valence-electron chi connectivity index (χ2n) is 7.91. The van der Waals surface area contributed by atoms with Gasteiger partial charge in [0.05, 0.1) is 11.9 Å². The summed E-state index contributed by atoms with van der Waals surface area (Å²) in [7, 11) is 0. The number of anilines is 1. The van der Waals surface area contributed by atoms with E-state index in [2.05, 4.69) is 29.8 Å². The molecule has 3 heterocycles. The third kappa shape index (κ3) is 5.78. The Kier molecular flexibility index (Phi) is 6.93. The molecule has 9 nitrogen and oxygen atoms in total. The highest BCUT2D eigenvalue weighted by Crippen LogP contribution is 2.34. The lowest BCUT2D eigenvalue weighted by atomic mass is 10.1. The predicted octanol–water partition coefficient (Wildman–Crippen LogP) is 3.19. The van der Waals surface area contributed by atoms with Crippen molar-refractivity contribution in [1.29, 1.82) is 0 Å². The van der Waals surface area contributed by atoms with E-state index >= 15 is 0 Å². The number of carboxylic acid groups (broad SMARTS) is 1. The second kappa shape index (κ2) is 9.89. The van der Waals surface area contributed by atoms with Gasteiger partial charge in [0.15, 0.2) is 0 Å². The fraction of sp³-hybridized carbons (Fsp3) is 0.381. The van der Waals surface area contributed by atoms with Gasteiger partial charge in [0, 0.05) is 42.2 Å². The van der Waals surface area contributed by atoms with E-state index in [0.29, 0.717) is 23.2 Å². The summed E-state index contributed by atoms with van der Waals surface area (Å²) in [6.45, 7) is 2.77. The second-order valence-corrected chi connectivity index (χ2v) is 8.57. The topological polar surface area (TPSA) is 124 Å². The molecule has 0 amide bonds. The molecular formula is C21H21F3N6O3S. The Morgan fingerprint density at radius 2 is 1.94 bits per heavy atom. The monoisotopic (exact) mass is 494 g/mol. The number of halogens is 3. The number of phenols is 1. The maximum absolute atomic E-state index is 10.6. The van der Waals surface area contributed by atoms with E-state index in [9.17, 15) is 18.3 Å². The van der Waals surface area contributed by atoms with E-state index in [4.69, 9.17) is 9.90 Å². The van der Waals surface area contributed by atoms with Gasteiger partial charge in [-0.2, -0.15) is 17.5 Å². The summed E-state index contributed by atoms with van der Waals surface area (Å²) in [4.78, 5) is 15.6. The van der Waals surface area contributed by atoms with Crippen LogP contribution in [0.15, 0.2) is 35.8 Å². The average Bonchev–Trinajstić information content (AvgIpc) is 3.53. The SMILES string of the molecule is O=C(O)C(F)(F)F.Oc1cc(-c2ccsn2)ccc1-c1cnc(N2CCN[C@@H](C3CC3)C2)nn1. The first-order valence-electron chi connectivity index (χ1n) is 10.4. The molecule has 1 aliphatic carbocycles. The number of aromatic hydroxyl groups is 1. The zero-order chi connectivity index (χ0) is 24.3. The molecule has 13 heteroatoms. The Balaban J connectivity index is 0.000000344. The largest absolute Gasteiger partial charge is 0.507 e. The van der Waals surface area contributed by atoms with E-state index in [-0.39, 0.29) is 5.75 Å². The molecule has 180 valence electrons. The number of piperazine rings is 1. The molecule has 3 aromatic rings. The first-order chi connectivity index (χ1) is 16.2. The minimum atomic E-state index is -5.08. The van der Waals surface area contributed by atoms with Crippen LogP contribution in [-0.4, -0.2) is 67.6 Å². The standard InChI is InChI=1S/C19H20N6OS.C2HF3O2/c26-18-9-13(15-5-8-27-24-15)3-4-14(18)16-10-21-19(23-22-16)25-7-6-20-17(11-25)12-1-2-12;3-2(4,5)1(6)7/h3-5,8-10,12,17,20,26H,1-2,6-7,11H2;(H,6,7)/t17-;/m1./s1. The Bertz CT molecular complexity index is 1120. The summed E-state index contributed by atoms with van der Waals surface area (Å²) in [6.07, 6.45) is -0.756. The van der Waals surface area contributed by atoms with Crippen molar-refractivity contribution in [2.75, 3.05) is 24.5 Å². The molecule has 1 aromatic carbocycles. The molecule has 2 aliphatic rings. The number of carboxylic acids is 1. The lowest BCUT2D eigenvalue weighted by molar-refractivity contribution is -0.192. The molecule has 34 heavy (non-hydrogen) atoms. The van der Waals surface area contributed by atoms with Crippen LogP contribution < -0.4 is 10.2 Å². The molecule has 1 saturated carbocycles. The zero-order valence-corrected chi connectivity index (χ0v) is 18.6. The van der Waals surface area contributed by atoms with Gasteiger partial charge in [0.1, 0.15) is 11.4 Å². The lowest BCUT2D eigenvalue weighted by Gasteiger charge is -2.33. The van der Waals surface area contributed by atoms with Gasteiger partial charge in [-0.1, -0.05) is 6.07 Å². The van der Waals surface area contributed by atoms with Gasteiger partial charge in [-0.3, -0.25) is 0 Å². The van der Waals surface area contributed by atoms with Crippen LogP contribution >= 0.6 is 11.5 Å². The Morgan fingerprint density at radius 1 is 1.18 bits per heavy atom. The number of benzene rings is 1. The van der Waals surface area contributed by atoms with Gasteiger partial charge in [-0.05, 0) is 48.5 Å². The summed E-state index contributed by atoms with van der Waals surface area (Å²) in [5.74, 6) is -1.15. The maximum atomic E-state index is 10.6. The number of hydrogen-bond acceptors (Lipinski definition) is 9. The number of aromatic nitrogens is 4. The number of aliphatic carboxylic acids is 1. The number of alkyl halides is 3. The van der Waals surface area contributed by atoms with Crippen molar-refractivity contribution in [3.8, 4) is 28.3 Å². The van der Waals surface area contributed by atoms with E-state index in [1.807, 2.05) is 23.6 Å². The van der Waals surface area contributed by atoms with Gasteiger partial charge in [0.2, 0.25) is 5.95 Å². The third-order valence-corrected chi connectivity index (χ3v) is 6.04. The van der Waals surface area contributed by atoms with Crippen LogP contribution in [0.2, 0.25) is 0 Å². The first kappa shape index (κ1) is 23.8. The van der Waals surface area contributed by atoms with E-state index in [1.54, 1.807) is 12.3 Å². The highest BCUT2D eigenvalue weighted by molar-refractivity contribution is 7.03. The van der Waals surface area contributed by atoms with Crippen LogP contribution in [0.3, 0.4) is 0 Å². The molecule has 5 rings (SSSR count). The fourth-order valence-corrected chi connectivity index (χ4v) is 4.11. The quantitative estimate of drug-likeness (QED) is 0.502. The summed E-state index contributed by atoms with van der Waals surface area (Å²) >= 11 is 1.39. The van der Waals surface area contributed by atoms with E-state index < -0.39 is 12.1 Å². The normalized spacial score (nSPS) is 18.2. The van der Waals surface area contributed by atoms with Gasteiger partial charge in [-0.15, -0.1) is 10.2 Å². The highest BCUT2D eigenvalue weighted by Gasteiger charge is 2.38. The smallest absolute Gasteiger partial charge is 0.490 e. The molecule has 0 bridgehead atoms. The summed E-state index contributed by atoms with van der Waals surface area (Å²) in [6, 6.07) is 7.93. The van der Waals surface area contributed by atoms with Crippen LogP contribution in [0.1, 0.15) is 12.8 Å². The zero-order valence-electron chi connectivity index (χ0n) is 17.7. The first-order valence-corrected chi connectivity index (χ1v) is 11.3. The number of nitrogens with one attached hydrogen (secondary N) is 1. The predicted molar refractivity (Wildman–Crippen MR) is 118 cm³/mol. The van der Waals surface area contributed by atoms with Crippen molar-refractivity contribution < 1.29 is 28.2 Å². The Morgan fingerprint density at radius 3 is 2.50 bits per heavy atom.